The number of carbonyl (C=O) groups is 1. The van der Waals surface area contributed by atoms with E-state index in [4.69, 9.17) is 22.1 Å². The molecule has 1 unspecified atom stereocenters. The van der Waals surface area contributed by atoms with Crippen molar-refractivity contribution in [3.05, 3.63) is 34.9 Å². The van der Waals surface area contributed by atoms with E-state index in [1.165, 1.54) is 5.56 Å². The highest BCUT2D eigenvalue weighted by molar-refractivity contribution is 7.98. The molecule has 0 aromatic heterocycles. The van der Waals surface area contributed by atoms with Gasteiger partial charge >= 0.3 is 5.97 Å². The van der Waals surface area contributed by atoms with Crippen molar-refractivity contribution in [3.63, 3.8) is 0 Å². The lowest BCUT2D eigenvalue weighted by Gasteiger charge is -2.21. The molecule has 0 aliphatic heterocycles. The predicted molar refractivity (Wildman–Crippen MR) is 81.5 cm³/mol. The van der Waals surface area contributed by atoms with Crippen molar-refractivity contribution in [3.8, 4) is 0 Å². The van der Waals surface area contributed by atoms with Crippen LogP contribution in [0.5, 0.6) is 0 Å². The topological polar surface area (TPSA) is 52.3 Å². The summed E-state index contributed by atoms with van der Waals surface area (Å²) >= 11 is 7.57. The number of hydrogen-bond donors (Lipinski definition) is 1. The number of ether oxygens (including phenoxy) is 1. The second-order valence-electron chi connectivity index (χ2n) is 4.57. The molecule has 0 heterocycles. The average Bonchev–Trinajstić information content (AvgIpc) is 2.37. The van der Waals surface area contributed by atoms with Crippen LogP contribution in [-0.4, -0.2) is 23.9 Å². The summed E-state index contributed by atoms with van der Waals surface area (Å²) in [6.07, 6.45) is 0.601. The number of halogens is 1. The molecule has 0 bridgehead atoms. The summed E-state index contributed by atoms with van der Waals surface area (Å²) < 4.78 is 4.95. The second-order valence-corrected chi connectivity index (χ2v) is 6.11. The van der Waals surface area contributed by atoms with Crippen molar-refractivity contribution < 1.29 is 9.53 Å². The number of hydrogen-bond acceptors (Lipinski definition) is 4. The maximum Gasteiger partial charge on any atom is 0.325 e. The molecule has 1 rings (SSSR count). The first-order chi connectivity index (χ1) is 8.95. The maximum atomic E-state index is 11.6. The molecule has 1 aromatic carbocycles. The molecule has 1 atom stereocenters. The Kier molecular flexibility index (Phi) is 6.69. The molecule has 0 saturated carbocycles. The van der Waals surface area contributed by atoms with Crippen LogP contribution in [0.1, 0.15) is 25.8 Å². The molecule has 0 aliphatic carbocycles. The minimum absolute atomic E-state index is 0.331. The van der Waals surface area contributed by atoms with Gasteiger partial charge in [-0.2, -0.15) is 11.8 Å². The summed E-state index contributed by atoms with van der Waals surface area (Å²) in [5.41, 5.74) is 6.25. The van der Waals surface area contributed by atoms with Crippen LogP contribution in [0.25, 0.3) is 0 Å². The monoisotopic (exact) mass is 301 g/mol. The van der Waals surface area contributed by atoms with E-state index >= 15 is 0 Å². The summed E-state index contributed by atoms with van der Waals surface area (Å²) in [6, 6.07) is 7.76. The molecule has 0 saturated heterocycles. The summed E-state index contributed by atoms with van der Waals surface area (Å²) in [5.74, 6) is 1.37. The number of thioether (sulfide) groups is 1. The Hall–Kier alpha value is -0.710. The van der Waals surface area contributed by atoms with Crippen LogP contribution in [0.15, 0.2) is 24.3 Å². The normalized spacial score (nSPS) is 13.9. The maximum absolute atomic E-state index is 11.6. The summed E-state index contributed by atoms with van der Waals surface area (Å²) in [5, 5.41) is 0.741. The van der Waals surface area contributed by atoms with Gasteiger partial charge in [0.1, 0.15) is 5.54 Å². The number of nitrogens with two attached hydrogens (primary N) is 1. The molecule has 0 aliphatic rings. The van der Waals surface area contributed by atoms with E-state index in [1.54, 1.807) is 25.6 Å². The molecule has 0 radical (unpaired) electrons. The van der Waals surface area contributed by atoms with E-state index in [-0.39, 0.29) is 5.97 Å². The van der Waals surface area contributed by atoms with Gasteiger partial charge in [-0.1, -0.05) is 23.7 Å². The van der Waals surface area contributed by atoms with Crippen LogP contribution in [0, 0.1) is 0 Å². The first kappa shape index (κ1) is 16.3. The molecule has 0 spiro atoms. The van der Waals surface area contributed by atoms with Gasteiger partial charge in [0.2, 0.25) is 0 Å². The quantitative estimate of drug-likeness (QED) is 0.620. The van der Waals surface area contributed by atoms with E-state index in [0.29, 0.717) is 13.0 Å². The van der Waals surface area contributed by atoms with Crippen molar-refractivity contribution in [2.24, 2.45) is 5.73 Å². The van der Waals surface area contributed by atoms with E-state index in [1.807, 2.05) is 24.3 Å². The summed E-state index contributed by atoms with van der Waals surface area (Å²) in [4.78, 5) is 11.6. The van der Waals surface area contributed by atoms with Crippen molar-refractivity contribution >= 4 is 29.3 Å². The minimum Gasteiger partial charge on any atom is -0.465 e. The molecule has 0 fully saturated rings. The van der Waals surface area contributed by atoms with Gasteiger partial charge in [0.25, 0.3) is 0 Å². The fraction of sp³-hybridized carbons (Fsp3) is 0.500. The Balaban J connectivity index is 2.30. The Morgan fingerprint density at radius 2 is 2.05 bits per heavy atom. The van der Waals surface area contributed by atoms with Crippen LogP contribution < -0.4 is 5.73 Å². The predicted octanol–water partition coefficient (Wildman–Crippen LogP) is 3.24. The van der Waals surface area contributed by atoms with Gasteiger partial charge in [-0.25, -0.2) is 0 Å². The molecule has 3 nitrogen and oxygen atoms in total. The fourth-order valence-corrected chi connectivity index (χ4v) is 2.72. The number of carbonyl (C=O) groups excluding carboxylic acids is 1. The number of esters is 1. The summed E-state index contributed by atoms with van der Waals surface area (Å²) in [6.45, 7) is 3.86. The highest BCUT2D eigenvalue weighted by atomic mass is 35.5. The fourth-order valence-electron chi connectivity index (χ4n) is 1.45. The van der Waals surface area contributed by atoms with E-state index in [2.05, 4.69) is 0 Å². The van der Waals surface area contributed by atoms with Crippen LogP contribution in [0.3, 0.4) is 0 Å². The van der Waals surface area contributed by atoms with Crippen LogP contribution >= 0.6 is 23.4 Å². The second kappa shape index (κ2) is 7.78. The smallest absolute Gasteiger partial charge is 0.325 e. The van der Waals surface area contributed by atoms with Gasteiger partial charge in [-0.05, 0) is 43.7 Å². The Morgan fingerprint density at radius 1 is 1.42 bits per heavy atom. The van der Waals surface area contributed by atoms with E-state index < -0.39 is 5.54 Å². The van der Waals surface area contributed by atoms with Gasteiger partial charge in [0.05, 0.1) is 6.61 Å². The zero-order valence-electron chi connectivity index (χ0n) is 11.3. The minimum atomic E-state index is -0.900. The largest absolute Gasteiger partial charge is 0.465 e. The first-order valence-corrected chi connectivity index (χ1v) is 7.77. The van der Waals surface area contributed by atoms with E-state index in [9.17, 15) is 4.79 Å². The molecule has 19 heavy (non-hydrogen) atoms. The molecule has 106 valence electrons. The lowest BCUT2D eigenvalue weighted by Crippen LogP contribution is -2.46. The van der Waals surface area contributed by atoms with Gasteiger partial charge in [-0.3, -0.25) is 4.79 Å². The third-order valence-corrected chi connectivity index (χ3v) is 3.97. The third-order valence-electron chi connectivity index (χ3n) is 2.69. The number of rotatable bonds is 7. The van der Waals surface area contributed by atoms with Crippen molar-refractivity contribution in [2.75, 3.05) is 12.4 Å². The molecular formula is C14H20ClNO2S. The molecule has 2 N–H and O–H groups in total. The van der Waals surface area contributed by atoms with Gasteiger partial charge in [0, 0.05) is 10.8 Å². The highest BCUT2D eigenvalue weighted by Crippen LogP contribution is 2.19. The Morgan fingerprint density at radius 3 is 2.63 bits per heavy atom. The van der Waals surface area contributed by atoms with E-state index in [0.717, 1.165) is 16.5 Å². The van der Waals surface area contributed by atoms with Crippen LogP contribution in [-0.2, 0) is 15.3 Å². The average molecular weight is 302 g/mol. The molecular weight excluding hydrogens is 282 g/mol. The van der Waals surface area contributed by atoms with Gasteiger partial charge in [0.15, 0.2) is 0 Å². The lowest BCUT2D eigenvalue weighted by atomic mass is 10.0. The van der Waals surface area contributed by atoms with Gasteiger partial charge < -0.3 is 10.5 Å². The first-order valence-electron chi connectivity index (χ1n) is 6.24. The molecule has 5 heteroatoms. The Bertz CT molecular complexity index is 406. The lowest BCUT2D eigenvalue weighted by molar-refractivity contribution is -0.149. The zero-order chi connectivity index (χ0) is 14.3. The zero-order valence-corrected chi connectivity index (χ0v) is 12.9. The standard InChI is InChI=1S/C14H20ClNO2S/c1-3-18-13(17)14(2,16)8-9-19-10-11-4-6-12(15)7-5-11/h4-7H,3,8-10,16H2,1-2H3. The third kappa shape index (κ3) is 5.85. The van der Waals surface area contributed by atoms with Crippen LogP contribution in [0.2, 0.25) is 5.02 Å². The Labute approximate surface area is 123 Å². The number of benzene rings is 1. The molecule has 1 aromatic rings. The van der Waals surface area contributed by atoms with Crippen LogP contribution in [0.4, 0.5) is 0 Å². The van der Waals surface area contributed by atoms with Gasteiger partial charge in [-0.15, -0.1) is 0 Å². The highest BCUT2D eigenvalue weighted by Gasteiger charge is 2.29. The molecule has 0 amide bonds. The van der Waals surface area contributed by atoms with Crippen molar-refractivity contribution in [1.29, 1.82) is 0 Å². The SMILES string of the molecule is CCOC(=O)C(C)(N)CCSCc1ccc(Cl)cc1. The summed E-state index contributed by atoms with van der Waals surface area (Å²) in [7, 11) is 0. The van der Waals surface area contributed by atoms with Crippen molar-refractivity contribution in [1.82, 2.24) is 0 Å². The van der Waals surface area contributed by atoms with Crippen molar-refractivity contribution in [2.45, 2.75) is 31.6 Å².